The zero-order valence-electron chi connectivity index (χ0n) is 12.7. The van der Waals surface area contributed by atoms with Gasteiger partial charge in [-0.25, -0.2) is 0 Å². The number of hydrogen-bond acceptors (Lipinski definition) is 6. The van der Waals surface area contributed by atoms with E-state index < -0.39 is 0 Å². The van der Waals surface area contributed by atoms with E-state index in [4.69, 9.17) is 16.3 Å². The lowest BCUT2D eigenvalue weighted by molar-refractivity contribution is -0.134. The molecule has 0 saturated carbocycles. The van der Waals surface area contributed by atoms with Crippen molar-refractivity contribution in [3.63, 3.8) is 0 Å². The first-order valence-electron chi connectivity index (χ1n) is 7.31. The van der Waals surface area contributed by atoms with Gasteiger partial charge in [-0.05, 0) is 19.2 Å². The minimum Gasteiger partial charge on any atom is -0.465 e. The molecule has 0 atom stereocenters. The standard InChI is InChI=1S/C15H17ClN4O2S/c1-19-6-8-20(9-7-19)13(21)10-22-15-14(17-23-18-15)11-2-4-12(16)5-3-11/h2-5H,6-10H2,1H3. The summed E-state index contributed by atoms with van der Waals surface area (Å²) in [4.78, 5) is 16.2. The lowest BCUT2D eigenvalue weighted by Gasteiger charge is -2.32. The maximum absolute atomic E-state index is 12.2. The zero-order valence-corrected chi connectivity index (χ0v) is 14.3. The lowest BCUT2D eigenvalue weighted by atomic mass is 10.2. The molecule has 3 rings (SSSR count). The summed E-state index contributed by atoms with van der Waals surface area (Å²) in [6.45, 7) is 3.23. The number of ether oxygens (including phenoxy) is 1. The Morgan fingerprint density at radius 2 is 1.91 bits per heavy atom. The fourth-order valence-corrected chi connectivity index (χ4v) is 2.98. The molecule has 1 aliphatic heterocycles. The lowest BCUT2D eigenvalue weighted by Crippen LogP contribution is -2.48. The van der Waals surface area contributed by atoms with Crippen molar-refractivity contribution in [2.45, 2.75) is 0 Å². The highest BCUT2D eigenvalue weighted by molar-refractivity contribution is 6.99. The number of hydrogen-bond donors (Lipinski definition) is 0. The Morgan fingerprint density at radius 3 is 2.61 bits per heavy atom. The average Bonchev–Trinajstić information content (AvgIpc) is 3.02. The SMILES string of the molecule is CN1CCN(C(=O)COc2nsnc2-c2ccc(Cl)cc2)CC1. The number of carbonyl (C=O) groups excluding carboxylic acids is 1. The maximum atomic E-state index is 12.2. The topological polar surface area (TPSA) is 58.6 Å². The molecule has 0 unspecified atom stereocenters. The fourth-order valence-electron chi connectivity index (χ4n) is 2.34. The van der Waals surface area contributed by atoms with Crippen molar-refractivity contribution in [3.05, 3.63) is 29.3 Å². The van der Waals surface area contributed by atoms with E-state index in [1.807, 2.05) is 17.0 Å². The Balaban J connectivity index is 1.62. The second-order valence-electron chi connectivity index (χ2n) is 5.40. The van der Waals surface area contributed by atoms with Crippen molar-refractivity contribution >= 4 is 29.2 Å². The number of rotatable bonds is 4. The van der Waals surface area contributed by atoms with Crippen molar-refractivity contribution in [2.75, 3.05) is 39.8 Å². The highest BCUT2D eigenvalue weighted by Crippen LogP contribution is 2.28. The van der Waals surface area contributed by atoms with E-state index in [2.05, 4.69) is 20.7 Å². The van der Waals surface area contributed by atoms with Crippen molar-refractivity contribution in [1.29, 1.82) is 0 Å². The average molecular weight is 353 g/mol. The maximum Gasteiger partial charge on any atom is 0.260 e. The van der Waals surface area contributed by atoms with Crippen LogP contribution in [-0.4, -0.2) is 64.3 Å². The van der Waals surface area contributed by atoms with E-state index in [0.717, 1.165) is 43.5 Å². The molecule has 2 heterocycles. The van der Waals surface area contributed by atoms with E-state index in [9.17, 15) is 4.79 Å². The van der Waals surface area contributed by atoms with Crippen LogP contribution in [-0.2, 0) is 4.79 Å². The summed E-state index contributed by atoms with van der Waals surface area (Å²) in [6.07, 6.45) is 0. The highest BCUT2D eigenvalue weighted by atomic mass is 35.5. The van der Waals surface area contributed by atoms with Crippen molar-refractivity contribution in [3.8, 4) is 17.1 Å². The van der Waals surface area contributed by atoms with Gasteiger partial charge in [0.25, 0.3) is 11.8 Å². The van der Waals surface area contributed by atoms with Crippen LogP contribution in [0.2, 0.25) is 5.02 Å². The molecule has 0 bridgehead atoms. The second kappa shape index (κ2) is 7.25. The smallest absolute Gasteiger partial charge is 0.260 e. The summed E-state index contributed by atoms with van der Waals surface area (Å²) in [6, 6.07) is 7.28. The molecule has 0 N–H and O–H groups in total. The van der Waals surface area contributed by atoms with Gasteiger partial charge >= 0.3 is 0 Å². The molecule has 1 fully saturated rings. The number of aromatic nitrogens is 2. The molecule has 1 saturated heterocycles. The molecule has 0 radical (unpaired) electrons. The minimum absolute atomic E-state index is 0.0181. The number of likely N-dealkylation sites (N-methyl/N-ethyl adjacent to an activating group) is 1. The summed E-state index contributed by atoms with van der Waals surface area (Å²) in [5.74, 6) is 0.368. The predicted molar refractivity (Wildman–Crippen MR) is 89.9 cm³/mol. The summed E-state index contributed by atoms with van der Waals surface area (Å²) in [5, 5.41) is 0.657. The van der Waals surface area contributed by atoms with Gasteiger partial charge in [-0.15, -0.1) is 4.37 Å². The number of nitrogens with zero attached hydrogens (tertiary/aromatic N) is 4. The number of halogens is 1. The Morgan fingerprint density at radius 1 is 1.22 bits per heavy atom. The number of benzene rings is 1. The van der Waals surface area contributed by atoms with Gasteiger partial charge in [-0.1, -0.05) is 23.7 Å². The molecule has 0 spiro atoms. The molecule has 1 aromatic carbocycles. The first-order valence-corrected chi connectivity index (χ1v) is 8.42. The fraction of sp³-hybridized carbons (Fsp3) is 0.400. The van der Waals surface area contributed by atoms with Gasteiger partial charge in [0.1, 0.15) is 5.69 Å². The van der Waals surface area contributed by atoms with Crippen LogP contribution in [0.4, 0.5) is 0 Å². The molecule has 0 aliphatic carbocycles. The first-order chi connectivity index (χ1) is 11.1. The summed E-state index contributed by atoms with van der Waals surface area (Å²) < 4.78 is 14.0. The van der Waals surface area contributed by atoms with Gasteiger partial charge in [0.2, 0.25) is 0 Å². The zero-order chi connectivity index (χ0) is 16.2. The van der Waals surface area contributed by atoms with Crippen LogP contribution in [0.5, 0.6) is 5.88 Å². The number of amides is 1. The minimum atomic E-state index is -0.0202. The predicted octanol–water partition coefficient (Wildman–Crippen LogP) is 2.01. The van der Waals surface area contributed by atoms with Crippen LogP contribution in [0, 0.1) is 0 Å². The van der Waals surface area contributed by atoms with Crippen molar-refractivity contribution in [1.82, 2.24) is 18.5 Å². The molecule has 122 valence electrons. The molecule has 23 heavy (non-hydrogen) atoms. The van der Waals surface area contributed by atoms with Gasteiger partial charge in [-0.3, -0.25) is 4.79 Å². The van der Waals surface area contributed by atoms with E-state index in [-0.39, 0.29) is 12.5 Å². The van der Waals surface area contributed by atoms with Gasteiger partial charge in [0.15, 0.2) is 6.61 Å². The molecule has 1 aliphatic rings. The Bertz CT molecular complexity index is 668. The number of piperazine rings is 1. The normalized spacial score (nSPS) is 15.7. The molecular weight excluding hydrogens is 336 g/mol. The van der Waals surface area contributed by atoms with Crippen LogP contribution in [0.25, 0.3) is 11.3 Å². The summed E-state index contributed by atoms with van der Waals surface area (Å²) in [5.41, 5.74) is 1.50. The largest absolute Gasteiger partial charge is 0.465 e. The molecule has 2 aromatic rings. The Hall–Kier alpha value is -1.70. The van der Waals surface area contributed by atoms with Gasteiger partial charge < -0.3 is 14.5 Å². The van der Waals surface area contributed by atoms with Gasteiger partial charge in [0.05, 0.1) is 11.7 Å². The van der Waals surface area contributed by atoms with E-state index in [0.29, 0.717) is 16.6 Å². The third-order valence-corrected chi connectivity index (χ3v) is 4.53. The third kappa shape index (κ3) is 3.99. The molecule has 6 nitrogen and oxygen atoms in total. The van der Waals surface area contributed by atoms with E-state index in [1.165, 1.54) is 0 Å². The van der Waals surface area contributed by atoms with Crippen molar-refractivity contribution in [2.24, 2.45) is 0 Å². The summed E-state index contributed by atoms with van der Waals surface area (Å²) >= 11 is 6.96. The monoisotopic (exact) mass is 352 g/mol. The highest BCUT2D eigenvalue weighted by Gasteiger charge is 2.20. The van der Waals surface area contributed by atoms with Crippen molar-refractivity contribution < 1.29 is 9.53 Å². The molecule has 8 heteroatoms. The van der Waals surface area contributed by atoms with E-state index >= 15 is 0 Å². The quantitative estimate of drug-likeness (QED) is 0.842. The molecule has 1 amide bonds. The van der Waals surface area contributed by atoms with Gasteiger partial charge in [-0.2, -0.15) is 4.37 Å². The second-order valence-corrected chi connectivity index (χ2v) is 6.36. The molecule has 1 aromatic heterocycles. The van der Waals surface area contributed by atoms with Crippen LogP contribution >= 0.6 is 23.3 Å². The van der Waals surface area contributed by atoms with Crippen LogP contribution in [0.3, 0.4) is 0 Å². The Labute approximate surface area is 143 Å². The first kappa shape index (κ1) is 16.2. The number of carbonyl (C=O) groups is 1. The van der Waals surface area contributed by atoms with E-state index in [1.54, 1.807) is 12.1 Å². The van der Waals surface area contributed by atoms with Crippen LogP contribution in [0.15, 0.2) is 24.3 Å². The van der Waals surface area contributed by atoms with Gasteiger partial charge in [0, 0.05) is 36.8 Å². The molecular formula is C15H17ClN4O2S. The third-order valence-electron chi connectivity index (χ3n) is 3.76. The van der Waals surface area contributed by atoms with Crippen LogP contribution in [0.1, 0.15) is 0 Å². The van der Waals surface area contributed by atoms with Crippen LogP contribution < -0.4 is 4.74 Å². The summed E-state index contributed by atoms with van der Waals surface area (Å²) in [7, 11) is 2.05. The Kier molecular flexibility index (Phi) is 5.09.